The molecule has 1 saturated heterocycles. The van der Waals surface area contributed by atoms with Crippen LogP contribution in [0, 0.1) is 0 Å². The van der Waals surface area contributed by atoms with E-state index in [4.69, 9.17) is 0 Å². The molecule has 0 saturated carbocycles. The molecule has 1 unspecified atom stereocenters. The van der Waals surface area contributed by atoms with Crippen molar-refractivity contribution in [3.8, 4) is 0 Å². The molecule has 1 amide bonds. The number of amides is 1. The Labute approximate surface area is 110 Å². The van der Waals surface area contributed by atoms with Gasteiger partial charge in [-0.15, -0.1) is 11.3 Å². The average Bonchev–Trinajstić information content (AvgIpc) is 2.76. The van der Waals surface area contributed by atoms with E-state index in [0.717, 1.165) is 21.3 Å². The van der Waals surface area contributed by atoms with Crippen molar-refractivity contribution < 1.29 is 13.2 Å². The molecule has 0 radical (unpaired) electrons. The Morgan fingerprint density at radius 3 is 2.61 bits per heavy atom. The molecular formula is C10H15N3O3S2. The number of nitrogens with zero attached hydrogens (tertiary/aromatic N) is 2. The van der Waals surface area contributed by atoms with Gasteiger partial charge in [-0.25, -0.2) is 13.4 Å². The molecule has 1 aliphatic rings. The molecule has 0 bridgehead atoms. The summed E-state index contributed by atoms with van der Waals surface area (Å²) in [6, 6.07) is 0.0158. The normalized spacial score (nSPS) is 22.7. The summed E-state index contributed by atoms with van der Waals surface area (Å²) in [6.07, 6.45) is 0. The quantitative estimate of drug-likeness (QED) is 0.893. The fourth-order valence-corrected chi connectivity index (χ4v) is 4.13. The Morgan fingerprint density at radius 2 is 2.11 bits per heavy atom. The van der Waals surface area contributed by atoms with Gasteiger partial charge >= 0.3 is 0 Å². The third kappa shape index (κ3) is 1.59. The molecule has 1 aliphatic heterocycles. The second-order valence-corrected chi connectivity index (χ2v) is 7.82. The summed E-state index contributed by atoms with van der Waals surface area (Å²) in [5.41, 5.74) is 0.727. The van der Waals surface area contributed by atoms with E-state index >= 15 is 0 Å². The number of carbonyl (C=O) groups is 1. The van der Waals surface area contributed by atoms with Gasteiger partial charge in [0.1, 0.15) is 0 Å². The molecule has 18 heavy (non-hydrogen) atoms. The fraction of sp³-hybridized carbons (Fsp3) is 0.600. The summed E-state index contributed by atoms with van der Waals surface area (Å²) < 4.78 is 23.4. The lowest BCUT2D eigenvalue weighted by molar-refractivity contribution is -0.120. The lowest BCUT2D eigenvalue weighted by Crippen LogP contribution is -2.67. The summed E-state index contributed by atoms with van der Waals surface area (Å²) >= 11 is 1.16. The van der Waals surface area contributed by atoms with E-state index in [-0.39, 0.29) is 11.2 Å². The number of thiazole rings is 1. The SMILES string of the molecule is CNC(C)c1csc(N2C(=O)C(C)(C)S2(=O)=O)n1. The highest BCUT2D eigenvalue weighted by Gasteiger charge is 2.61. The fourth-order valence-electron chi connectivity index (χ4n) is 1.56. The van der Waals surface area contributed by atoms with Crippen molar-refractivity contribution in [2.45, 2.75) is 31.6 Å². The first kappa shape index (κ1) is 13.4. The van der Waals surface area contributed by atoms with E-state index in [1.54, 1.807) is 12.4 Å². The van der Waals surface area contributed by atoms with Gasteiger partial charge in [0.05, 0.1) is 5.69 Å². The number of hydrogen-bond donors (Lipinski definition) is 1. The zero-order valence-corrected chi connectivity index (χ0v) is 12.2. The Hall–Kier alpha value is -0.990. The van der Waals surface area contributed by atoms with Gasteiger partial charge in [-0.3, -0.25) is 4.79 Å². The van der Waals surface area contributed by atoms with E-state index in [1.807, 2.05) is 6.92 Å². The molecule has 0 spiro atoms. The maximum Gasteiger partial charge on any atom is 0.265 e. The summed E-state index contributed by atoms with van der Waals surface area (Å²) in [6.45, 7) is 4.73. The molecule has 8 heteroatoms. The summed E-state index contributed by atoms with van der Waals surface area (Å²) in [7, 11) is -1.82. The summed E-state index contributed by atoms with van der Waals surface area (Å²) in [5, 5.41) is 4.98. The van der Waals surface area contributed by atoms with E-state index in [0.29, 0.717) is 0 Å². The van der Waals surface area contributed by atoms with Crippen LogP contribution in [0.2, 0.25) is 0 Å². The van der Waals surface area contributed by atoms with Crippen molar-refractivity contribution in [3.05, 3.63) is 11.1 Å². The standard InChI is InChI=1S/C10H15N3O3S2/c1-6(11-4)7-5-17-9(12-7)13-8(14)10(2,3)18(13,15)16/h5-6,11H,1-4H3. The van der Waals surface area contributed by atoms with Crippen LogP contribution in [-0.2, 0) is 14.8 Å². The molecule has 0 aromatic carbocycles. The molecular weight excluding hydrogens is 274 g/mol. The van der Waals surface area contributed by atoms with Crippen LogP contribution >= 0.6 is 11.3 Å². The van der Waals surface area contributed by atoms with Gasteiger partial charge in [-0.05, 0) is 27.8 Å². The first-order valence-corrected chi connectivity index (χ1v) is 7.77. The van der Waals surface area contributed by atoms with E-state index in [9.17, 15) is 13.2 Å². The van der Waals surface area contributed by atoms with E-state index < -0.39 is 20.7 Å². The minimum Gasteiger partial charge on any atom is -0.312 e. The van der Waals surface area contributed by atoms with Crippen LogP contribution in [0.15, 0.2) is 5.38 Å². The molecule has 1 aromatic rings. The molecule has 0 aliphatic carbocycles. The molecule has 100 valence electrons. The molecule has 1 aromatic heterocycles. The van der Waals surface area contributed by atoms with Crippen molar-refractivity contribution in [3.63, 3.8) is 0 Å². The van der Waals surface area contributed by atoms with Crippen molar-refractivity contribution in [1.29, 1.82) is 0 Å². The first-order valence-electron chi connectivity index (χ1n) is 5.45. The molecule has 6 nitrogen and oxygen atoms in total. The molecule has 2 heterocycles. The molecule has 1 N–H and O–H groups in total. The highest BCUT2D eigenvalue weighted by Crippen LogP contribution is 2.40. The Bertz CT molecular complexity index is 591. The summed E-state index contributed by atoms with van der Waals surface area (Å²) in [5.74, 6) is -0.430. The second-order valence-electron chi connectivity index (χ2n) is 4.65. The van der Waals surface area contributed by atoms with Gasteiger partial charge in [0, 0.05) is 11.4 Å². The van der Waals surface area contributed by atoms with Crippen LogP contribution < -0.4 is 9.62 Å². The van der Waals surface area contributed by atoms with Crippen LogP contribution in [0.4, 0.5) is 5.13 Å². The highest BCUT2D eigenvalue weighted by atomic mass is 32.2. The number of carbonyl (C=O) groups excluding carboxylic acids is 1. The number of rotatable bonds is 3. The molecule has 1 fully saturated rings. The lowest BCUT2D eigenvalue weighted by atomic mass is 10.2. The Kier molecular flexibility index (Phi) is 2.99. The minimum absolute atomic E-state index is 0.0158. The Balaban J connectivity index is 2.35. The maximum absolute atomic E-state index is 12.0. The van der Waals surface area contributed by atoms with E-state index in [2.05, 4.69) is 10.3 Å². The van der Waals surface area contributed by atoms with E-state index in [1.165, 1.54) is 13.8 Å². The predicted molar refractivity (Wildman–Crippen MR) is 70.1 cm³/mol. The third-order valence-electron chi connectivity index (χ3n) is 3.14. The third-order valence-corrected chi connectivity index (χ3v) is 6.39. The molecule has 1 atom stereocenters. The van der Waals surface area contributed by atoms with Gasteiger partial charge in [0.2, 0.25) is 5.13 Å². The number of sulfonamides is 1. The van der Waals surface area contributed by atoms with Crippen LogP contribution in [0.5, 0.6) is 0 Å². The van der Waals surface area contributed by atoms with Crippen molar-refractivity contribution in [1.82, 2.24) is 10.3 Å². The van der Waals surface area contributed by atoms with Gasteiger partial charge in [0.25, 0.3) is 15.9 Å². The number of aromatic nitrogens is 1. The second kappa shape index (κ2) is 4.01. The Morgan fingerprint density at radius 1 is 1.50 bits per heavy atom. The van der Waals surface area contributed by atoms with Gasteiger partial charge < -0.3 is 5.32 Å². The zero-order chi connectivity index (χ0) is 13.7. The number of nitrogens with one attached hydrogen (secondary N) is 1. The monoisotopic (exact) mass is 289 g/mol. The summed E-state index contributed by atoms with van der Waals surface area (Å²) in [4.78, 5) is 16.0. The topological polar surface area (TPSA) is 79.4 Å². The van der Waals surface area contributed by atoms with Gasteiger partial charge in [0.15, 0.2) is 4.75 Å². The van der Waals surface area contributed by atoms with Gasteiger partial charge in [-0.1, -0.05) is 0 Å². The number of hydrogen-bond acceptors (Lipinski definition) is 6. The first-order chi connectivity index (χ1) is 8.23. The van der Waals surface area contributed by atoms with Crippen LogP contribution in [0.3, 0.4) is 0 Å². The minimum atomic E-state index is -3.61. The predicted octanol–water partition coefficient (Wildman–Crippen LogP) is 0.878. The zero-order valence-electron chi connectivity index (χ0n) is 10.6. The van der Waals surface area contributed by atoms with Crippen molar-refractivity contribution >= 4 is 32.4 Å². The average molecular weight is 289 g/mol. The lowest BCUT2D eigenvalue weighted by Gasteiger charge is -2.41. The molecule has 2 rings (SSSR count). The van der Waals surface area contributed by atoms with Crippen LogP contribution in [-0.4, -0.2) is 31.1 Å². The van der Waals surface area contributed by atoms with Crippen LogP contribution in [0.1, 0.15) is 32.5 Å². The number of anilines is 1. The van der Waals surface area contributed by atoms with Gasteiger partial charge in [-0.2, -0.15) is 4.31 Å². The largest absolute Gasteiger partial charge is 0.312 e. The maximum atomic E-state index is 12.0. The van der Waals surface area contributed by atoms with Crippen molar-refractivity contribution in [2.75, 3.05) is 11.4 Å². The highest BCUT2D eigenvalue weighted by molar-refractivity contribution is 7.98. The van der Waals surface area contributed by atoms with Crippen molar-refractivity contribution in [2.24, 2.45) is 0 Å². The van der Waals surface area contributed by atoms with Crippen LogP contribution in [0.25, 0.3) is 0 Å². The smallest absolute Gasteiger partial charge is 0.265 e.